The molecule has 0 aliphatic carbocycles. The summed E-state index contributed by atoms with van der Waals surface area (Å²) in [4.78, 5) is 0. The topological polar surface area (TPSA) is 9.23 Å². The normalized spacial score (nSPS) is 9.18. The Morgan fingerprint density at radius 3 is 2.53 bits per heavy atom. The van der Waals surface area contributed by atoms with Crippen LogP contribution in [-0.4, -0.2) is 0 Å². The number of hydrogen-bond donors (Lipinski definition) is 0. The fourth-order valence-corrected chi connectivity index (χ4v) is 1.47. The Hall–Kier alpha value is -0.367. The maximum absolute atomic E-state index is 5.87. The van der Waals surface area contributed by atoms with Gasteiger partial charge in [0, 0.05) is 10.8 Å². The van der Waals surface area contributed by atoms with Crippen LogP contribution < -0.4 is 4.74 Å². The molecule has 0 N–H and O–H groups in total. The van der Waals surface area contributed by atoms with E-state index in [1.54, 1.807) is 0 Å². The van der Waals surface area contributed by atoms with Crippen LogP contribution in [0, 0.1) is 6.07 Å². The summed E-state index contributed by atoms with van der Waals surface area (Å²) in [6.07, 6.45) is 0. The monoisotopic (exact) mass is 360 g/mol. The summed E-state index contributed by atoms with van der Waals surface area (Å²) >= 11 is 10.1. The predicted molar refractivity (Wildman–Crippen MR) is 70.0 cm³/mol. The Labute approximate surface area is 123 Å². The number of benzene rings is 2. The van der Waals surface area contributed by atoms with Crippen LogP contribution in [0.25, 0.3) is 0 Å². The van der Waals surface area contributed by atoms with Crippen molar-refractivity contribution in [1.82, 2.24) is 0 Å². The molecule has 0 saturated carbocycles. The van der Waals surface area contributed by atoms with Gasteiger partial charge in [0.15, 0.2) is 0 Å². The standard InChI is InChI=1S/C13H10ClO.BrH.Zn/c14-12-6-4-5-11(9-12)10-15-13-7-2-1-3-8-13;;/h2-9H,10H2;1H;/q-1;;+2/p-1. The van der Waals surface area contributed by atoms with Crippen molar-refractivity contribution in [2.75, 3.05) is 0 Å². The molecule has 0 amide bonds. The quantitative estimate of drug-likeness (QED) is 0.574. The van der Waals surface area contributed by atoms with E-state index in [9.17, 15) is 0 Å². The van der Waals surface area contributed by atoms with E-state index in [1.165, 1.54) is 16.3 Å². The van der Waals surface area contributed by atoms with Crippen LogP contribution in [0.5, 0.6) is 5.75 Å². The Bertz CT molecular complexity index is 436. The number of halogens is 2. The third-order valence-corrected chi connectivity index (χ3v) is 2.22. The van der Waals surface area contributed by atoms with E-state index in [1.807, 2.05) is 48.5 Å². The number of hydrogen-bond acceptors (Lipinski definition) is 1. The zero-order valence-electron chi connectivity index (χ0n) is 9.20. The minimum absolute atomic E-state index is 0.532. The van der Waals surface area contributed by atoms with Crippen LogP contribution in [0.3, 0.4) is 0 Å². The molecule has 2 rings (SSSR count). The summed E-state index contributed by atoms with van der Waals surface area (Å²) < 4.78 is 5.57. The average molecular weight is 363 g/mol. The molecule has 0 atom stereocenters. The van der Waals surface area contributed by atoms with Gasteiger partial charge in [0.05, 0.1) is 0 Å². The zero-order chi connectivity index (χ0) is 12.5. The molecule has 2 aromatic carbocycles. The Kier molecular flexibility index (Phi) is 7.51. The molecule has 0 heterocycles. The first kappa shape index (κ1) is 14.7. The van der Waals surface area contributed by atoms with Crippen LogP contribution >= 0.6 is 25.2 Å². The van der Waals surface area contributed by atoms with Gasteiger partial charge < -0.3 is 4.74 Å². The van der Waals surface area contributed by atoms with Gasteiger partial charge in [-0.25, -0.2) is 0 Å². The van der Waals surface area contributed by atoms with Crippen LogP contribution in [0.4, 0.5) is 0 Å². The summed E-state index contributed by atoms with van der Waals surface area (Å²) in [6, 6.07) is 18.0. The molecule has 0 saturated heterocycles. The van der Waals surface area contributed by atoms with Crippen molar-refractivity contribution >= 4 is 25.2 Å². The second-order valence-electron chi connectivity index (χ2n) is 3.15. The molecule has 2 aromatic rings. The fraction of sp³-hybridized carbons (Fsp3) is 0.0769. The average Bonchev–Trinajstić information content (AvgIpc) is 2.40. The molecule has 0 radical (unpaired) electrons. The van der Waals surface area contributed by atoms with E-state index < -0.39 is 0 Å². The summed E-state index contributed by atoms with van der Waals surface area (Å²) in [7, 11) is 0. The molecular weight excluding hydrogens is 353 g/mol. The van der Waals surface area contributed by atoms with E-state index in [2.05, 4.69) is 19.7 Å². The first-order chi connectivity index (χ1) is 8.34. The molecule has 1 nitrogen and oxygen atoms in total. The van der Waals surface area contributed by atoms with Crippen molar-refractivity contribution in [1.29, 1.82) is 0 Å². The third-order valence-electron chi connectivity index (χ3n) is 1.98. The molecule has 84 valence electrons. The SMILES string of the molecule is Clc1cccc(COc2cc[c-]cc2)c1.[Zn+][Br]. The van der Waals surface area contributed by atoms with E-state index in [0.717, 1.165) is 16.3 Å². The van der Waals surface area contributed by atoms with E-state index in [-0.39, 0.29) is 0 Å². The Morgan fingerprint density at radius 2 is 1.88 bits per heavy atom. The van der Waals surface area contributed by atoms with E-state index >= 15 is 0 Å². The second kappa shape index (κ2) is 8.68. The molecular formula is C13H10BrClOZn. The minimum atomic E-state index is 0.532. The molecule has 4 heteroatoms. The van der Waals surface area contributed by atoms with Gasteiger partial charge in [-0.05, 0) is 17.7 Å². The molecule has 0 unspecified atom stereocenters. The van der Waals surface area contributed by atoms with Crippen LogP contribution in [0.15, 0.2) is 48.5 Å². The van der Waals surface area contributed by atoms with Gasteiger partial charge in [0.25, 0.3) is 0 Å². The Morgan fingerprint density at radius 1 is 1.18 bits per heavy atom. The molecule has 0 aliphatic rings. The van der Waals surface area contributed by atoms with Crippen LogP contribution in [0.1, 0.15) is 5.56 Å². The molecule has 0 aliphatic heterocycles. The van der Waals surface area contributed by atoms with Crippen molar-refractivity contribution < 1.29 is 21.1 Å². The number of rotatable bonds is 3. The summed E-state index contributed by atoms with van der Waals surface area (Å²) in [5, 5.41) is 0.734. The molecule has 0 bridgehead atoms. The van der Waals surface area contributed by atoms with Gasteiger partial charge in [0.2, 0.25) is 0 Å². The second-order valence-corrected chi connectivity index (χ2v) is 3.59. The van der Waals surface area contributed by atoms with Gasteiger partial charge in [0.1, 0.15) is 6.61 Å². The van der Waals surface area contributed by atoms with Gasteiger partial charge in [-0.3, -0.25) is 0 Å². The van der Waals surface area contributed by atoms with Crippen molar-refractivity contribution in [3.8, 4) is 5.75 Å². The van der Waals surface area contributed by atoms with E-state index in [4.69, 9.17) is 16.3 Å². The molecule has 0 fully saturated rings. The van der Waals surface area contributed by atoms with Crippen molar-refractivity contribution in [2.24, 2.45) is 0 Å². The zero-order valence-corrected chi connectivity index (χ0v) is 14.5. The van der Waals surface area contributed by atoms with Gasteiger partial charge in [-0.2, -0.15) is 18.2 Å². The maximum atomic E-state index is 5.87. The first-order valence-electron chi connectivity index (χ1n) is 4.95. The van der Waals surface area contributed by atoms with Crippen molar-refractivity contribution in [3.05, 3.63) is 65.2 Å². The summed E-state index contributed by atoms with van der Waals surface area (Å²) in [5.41, 5.74) is 1.07. The van der Waals surface area contributed by atoms with Gasteiger partial charge in [-0.1, -0.05) is 23.7 Å². The molecule has 0 spiro atoms. The fourth-order valence-electron chi connectivity index (χ4n) is 1.26. The molecule has 17 heavy (non-hydrogen) atoms. The van der Waals surface area contributed by atoms with Gasteiger partial charge in [-0.15, -0.1) is 12.1 Å². The van der Waals surface area contributed by atoms with Crippen molar-refractivity contribution in [3.63, 3.8) is 0 Å². The summed E-state index contributed by atoms with van der Waals surface area (Å²) in [6.45, 7) is 0.532. The third kappa shape index (κ3) is 5.67. The summed E-state index contributed by atoms with van der Waals surface area (Å²) in [5.74, 6) is 0.841. The van der Waals surface area contributed by atoms with E-state index in [0.29, 0.717) is 6.61 Å². The molecule has 0 aromatic heterocycles. The predicted octanol–water partition coefficient (Wildman–Crippen LogP) is 4.56. The number of ether oxygens (including phenoxy) is 1. The van der Waals surface area contributed by atoms with Gasteiger partial charge >= 0.3 is 30.0 Å². The Balaban J connectivity index is 0.000000686. The van der Waals surface area contributed by atoms with Crippen LogP contribution in [0.2, 0.25) is 5.02 Å². The van der Waals surface area contributed by atoms with Crippen LogP contribution in [-0.2, 0) is 22.9 Å². The first-order valence-corrected chi connectivity index (χ1v) is 12.3. The van der Waals surface area contributed by atoms with Crippen molar-refractivity contribution in [2.45, 2.75) is 6.61 Å².